The van der Waals surface area contributed by atoms with E-state index in [0.717, 1.165) is 48.6 Å². The van der Waals surface area contributed by atoms with E-state index in [1.165, 1.54) is 0 Å². The third kappa shape index (κ3) is 4.60. The maximum Gasteiger partial charge on any atom is 0.322 e. The number of hydrogen-bond acceptors (Lipinski definition) is 6. The molecule has 2 amide bonds. The number of aryl methyl sites for hydroxylation is 1. The number of aromatic nitrogens is 2. The van der Waals surface area contributed by atoms with Crippen LogP contribution in [0.3, 0.4) is 0 Å². The average Bonchev–Trinajstić information content (AvgIpc) is 3.27. The van der Waals surface area contributed by atoms with Gasteiger partial charge in [0.15, 0.2) is 0 Å². The molecule has 0 aliphatic carbocycles. The minimum absolute atomic E-state index is 0.0191. The summed E-state index contributed by atoms with van der Waals surface area (Å²) in [4.78, 5) is 18.7. The summed E-state index contributed by atoms with van der Waals surface area (Å²) in [5.74, 6) is 2.30. The van der Waals surface area contributed by atoms with E-state index in [0.29, 0.717) is 24.8 Å². The normalized spacial score (nSPS) is 17.1. The monoisotopic (exact) mass is 434 g/mol. The first-order valence-electron chi connectivity index (χ1n) is 10.9. The van der Waals surface area contributed by atoms with Crippen molar-refractivity contribution in [3.63, 3.8) is 0 Å². The van der Waals surface area contributed by atoms with E-state index in [4.69, 9.17) is 14.0 Å². The zero-order valence-corrected chi connectivity index (χ0v) is 18.0. The summed E-state index contributed by atoms with van der Waals surface area (Å²) in [7, 11) is 0. The number of carbonyl (C=O) groups is 1. The summed E-state index contributed by atoms with van der Waals surface area (Å²) in [5.41, 5.74) is 2.79. The molecule has 32 heavy (non-hydrogen) atoms. The number of benzene rings is 2. The molecule has 2 aliphatic rings. The number of nitrogens with zero attached hydrogens (tertiary/aromatic N) is 3. The van der Waals surface area contributed by atoms with Crippen molar-refractivity contribution in [2.45, 2.75) is 31.8 Å². The highest BCUT2D eigenvalue weighted by Crippen LogP contribution is 2.28. The molecule has 2 aliphatic heterocycles. The van der Waals surface area contributed by atoms with Crippen molar-refractivity contribution in [3.05, 3.63) is 60.0 Å². The molecule has 3 aromatic rings. The second-order valence-electron chi connectivity index (χ2n) is 8.31. The van der Waals surface area contributed by atoms with E-state index >= 15 is 0 Å². The van der Waals surface area contributed by atoms with Gasteiger partial charge in [0.2, 0.25) is 11.7 Å². The molecule has 0 radical (unpaired) electrons. The molecule has 3 heterocycles. The van der Waals surface area contributed by atoms with Crippen molar-refractivity contribution in [1.29, 1.82) is 0 Å². The van der Waals surface area contributed by atoms with E-state index in [2.05, 4.69) is 15.5 Å². The second kappa shape index (κ2) is 9.00. The summed E-state index contributed by atoms with van der Waals surface area (Å²) in [5, 5.41) is 7.05. The number of rotatable bonds is 5. The van der Waals surface area contributed by atoms with Gasteiger partial charge in [-0.2, -0.15) is 4.98 Å². The Labute approximate surface area is 186 Å². The number of amides is 2. The second-order valence-corrected chi connectivity index (χ2v) is 8.31. The molecule has 2 aromatic carbocycles. The average molecular weight is 434 g/mol. The lowest BCUT2D eigenvalue weighted by molar-refractivity contribution is 0.0493. The van der Waals surface area contributed by atoms with Gasteiger partial charge in [-0.25, -0.2) is 4.79 Å². The summed E-state index contributed by atoms with van der Waals surface area (Å²) in [6.45, 7) is 4.58. The van der Waals surface area contributed by atoms with Crippen LogP contribution in [0.1, 0.15) is 30.2 Å². The van der Waals surface area contributed by atoms with Crippen molar-refractivity contribution in [1.82, 2.24) is 15.0 Å². The molecule has 1 N–H and O–H groups in total. The van der Waals surface area contributed by atoms with E-state index in [9.17, 15) is 4.79 Å². The molecule has 0 atom stereocenters. The molecular formula is C24H26N4O4. The highest BCUT2D eigenvalue weighted by molar-refractivity contribution is 5.90. The van der Waals surface area contributed by atoms with Gasteiger partial charge in [-0.3, -0.25) is 0 Å². The number of anilines is 1. The number of urea groups is 1. The Kier molecular flexibility index (Phi) is 5.77. The third-order valence-electron chi connectivity index (χ3n) is 5.83. The van der Waals surface area contributed by atoms with Crippen LogP contribution in [0.5, 0.6) is 5.75 Å². The highest BCUT2D eigenvalue weighted by Gasteiger charge is 2.32. The van der Waals surface area contributed by atoms with Gasteiger partial charge in [-0.1, -0.05) is 17.3 Å². The predicted octanol–water partition coefficient (Wildman–Crippen LogP) is 4.23. The Balaban J connectivity index is 1.12. The van der Waals surface area contributed by atoms with Gasteiger partial charge < -0.3 is 24.2 Å². The lowest BCUT2D eigenvalue weighted by atomic mass is 10.0. The molecule has 166 valence electrons. The molecule has 2 saturated heterocycles. The first-order chi connectivity index (χ1) is 15.6. The zero-order valence-electron chi connectivity index (χ0n) is 18.0. The van der Waals surface area contributed by atoms with Crippen LogP contribution in [0.4, 0.5) is 10.5 Å². The molecule has 0 saturated carbocycles. The largest absolute Gasteiger partial charge is 0.487 e. The Morgan fingerprint density at radius 3 is 2.66 bits per heavy atom. The smallest absolute Gasteiger partial charge is 0.322 e. The fraction of sp³-hybridized carbons (Fsp3) is 0.375. The minimum Gasteiger partial charge on any atom is -0.487 e. The van der Waals surface area contributed by atoms with Crippen LogP contribution < -0.4 is 10.1 Å². The summed E-state index contributed by atoms with van der Waals surface area (Å²) in [6, 6.07) is 15.3. The Morgan fingerprint density at radius 2 is 1.91 bits per heavy atom. The number of ether oxygens (including phenoxy) is 2. The third-order valence-corrected chi connectivity index (χ3v) is 5.83. The van der Waals surface area contributed by atoms with Crippen molar-refractivity contribution >= 4 is 11.7 Å². The van der Waals surface area contributed by atoms with E-state index in [-0.39, 0.29) is 18.1 Å². The van der Waals surface area contributed by atoms with Gasteiger partial charge in [0, 0.05) is 30.4 Å². The first-order valence-corrected chi connectivity index (χ1v) is 10.9. The number of hydrogen-bond donors (Lipinski definition) is 1. The van der Waals surface area contributed by atoms with E-state index in [1.807, 2.05) is 55.5 Å². The SMILES string of the molecule is Cc1cccc(NC(=O)N2CC(Oc3ccc(-c4noc(C5CCOCC5)n4)cc3)C2)c1. The van der Waals surface area contributed by atoms with Gasteiger partial charge in [-0.05, 0) is 61.7 Å². The van der Waals surface area contributed by atoms with Crippen molar-refractivity contribution in [3.8, 4) is 17.1 Å². The van der Waals surface area contributed by atoms with Gasteiger partial charge >= 0.3 is 6.03 Å². The van der Waals surface area contributed by atoms with Crippen molar-refractivity contribution < 1.29 is 18.8 Å². The topological polar surface area (TPSA) is 89.7 Å². The summed E-state index contributed by atoms with van der Waals surface area (Å²) in [6.07, 6.45) is 1.81. The number of carbonyl (C=O) groups excluding carboxylic acids is 1. The highest BCUT2D eigenvalue weighted by atomic mass is 16.5. The van der Waals surface area contributed by atoms with Crippen LogP contribution in [-0.2, 0) is 4.74 Å². The molecule has 2 fully saturated rings. The summed E-state index contributed by atoms with van der Waals surface area (Å²) >= 11 is 0. The molecule has 0 bridgehead atoms. The number of likely N-dealkylation sites (tertiary alicyclic amines) is 1. The fourth-order valence-electron chi connectivity index (χ4n) is 3.94. The molecule has 0 unspecified atom stereocenters. The Bertz CT molecular complexity index is 1070. The quantitative estimate of drug-likeness (QED) is 0.646. The van der Waals surface area contributed by atoms with Crippen LogP contribution in [0, 0.1) is 6.92 Å². The Hall–Kier alpha value is -3.39. The number of nitrogens with one attached hydrogen (secondary N) is 1. The molecule has 8 heteroatoms. The van der Waals surface area contributed by atoms with E-state index < -0.39 is 0 Å². The van der Waals surface area contributed by atoms with Crippen molar-refractivity contribution in [2.24, 2.45) is 0 Å². The van der Waals surface area contributed by atoms with Crippen LogP contribution in [0.2, 0.25) is 0 Å². The van der Waals surface area contributed by atoms with Crippen LogP contribution >= 0.6 is 0 Å². The first kappa shape index (κ1) is 20.5. The lowest BCUT2D eigenvalue weighted by Gasteiger charge is -2.38. The van der Waals surface area contributed by atoms with Crippen LogP contribution in [0.15, 0.2) is 53.1 Å². The fourth-order valence-corrected chi connectivity index (χ4v) is 3.94. The summed E-state index contributed by atoms with van der Waals surface area (Å²) < 4.78 is 16.9. The maximum atomic E-state index is 12.4. The maximum absolute atomic E-state index is 12.4. The molecule has 5 rings (SSSR count). The molecule has 0 spiro atoms. The minimum atomic E-state index is -0.108. The van der Waals surface area contributed by atoms with Gasteiger partial charge in [0.05, 0.1) is 13.1 Å². The van der Waals surface area contributed by atoms with Gasteiger partial charge in [0.1, 0.15) is 11.9 Å². The van der Waals surface area contributed by atoms with Gasteiger partial charge in [0.25, 0.3) is 0 Å². The lowest BCUT2D eigenvalue weighted by Crippen LogP contribution is -2.57. The van der Waals surface area contributed by atoms with Crippen LogP contribution in [-0.4, -0.2) is 53.5 Å². The van der Waals surface area contributed by atoms with E-state index in [1.54, 1.807) is 4.90 Å². The standard InChI is InChI=1S/C24H26N4O4/c1-16-3-2-4-19(13-16)25-24(29)28-14-21(15-28)31-20-7-5-17(6-8-20)22-26-23(32-27-22)18-9-11-30-12-10-18/h2-8,13,18,21H,9-12,14-15H2,1H3,(H,25,29). The molecule has 1 aromatic heterocycles. The van der Waals surface area contributed by atoms with Crippen LogP contribution in [0.25, 0.3) is 11.4 Å². The Morgan fingerprint density at radius 1 is 1.12 bits per heavy atom. The zero-order chi connectivity index (χ0) is 21.9. The molecule has 8 nitrogen and oxygen atoms in total. The van der Waals surface area contributed by atoms with Gasteiger partial charge in [-0.15, -0.1) is 0 Å². The van der Waals surface area contributed by atoms with Crippen molar-refractivity contribution in [2.75, 3.05) is 31.6 Å². The molecular weight excluding hydrogens is 408 g/mol. The predicted molar refractivity (Wildman–Crippen MR) is 119 cm³/mol.